The first kappa shape index (κ1) is 23.5. The summed E-state index contributed by atoms with van der Waals surface area (Å²) in [7, 11) is -6.88. The van der Waals surface area contributed by atoms with Crippen LogP contribution in [0.15, 0.2) is 47.4 Å². The highest BCUT2D eigenvalue weighted by atomic mass is 35.5. The lowest BCUT2D eigenvalue weighted by atomic mass is 10.1. The standard InChI is InChI=1S/C21H25Cl2NO4S2/c1-15(2)14-29(25,26)18-9-11-24(12-10-18)30(27,28)19-6-3-16(4-7-19)17-5-8-20(22)21(23)13-17/h3-8,13,15,18H,9-12,14H2,1-2H3. The Labute approximate surface area is 189 Å². The second-order valence-electron chi connectivity index (χ2n) is 7.98. The molecule has 1 heterocycles. The largest absolute Gasteiger partial charge is 0.243 e. The molecular formula is C21H25Cl2NO4S2. The molecule has 2 aromatic rings. The molecule has 1 saturated heterocycles. The van der Waals surface area contributed by atoms with E-state index in [-0.39, 0.29) is 29.7 Å². The number of nitrogens with zero attached hydrogens (tertiary/aromatic N) is 1. The average Bonchev–Trinajstić information content (AvgIpc) is 2.69. The predicted molar refractivity (Wildman–Crippen MR) is 122 cm³/mol. The lowest BCUT2D eigenvalue weighted by Gasteiger charge is -2.31. The molecule has 5 nitrogen and oxygen atoms in total. The molecular weight excluding hydrogens is 465 g/mol. The molecule has 0 aliphatic carbocycles. The third-order valence-corrected chi connectivity index (χ3v) is 10.5. The first-order valence-electron chi connectivity index (χ1n) is 9.78. The van der Waals surface area contributed by atoms with Crippen LogP contribution in [-0.2, 0) is 19.9 Å². The van der Waals surface area contributed by atoms with Crippen molar-refractivity contribution < 1.29 is 16.8 Å². The molecule has 0 amide bonds. The first-order chi connectivity index (χ1) is 14.0. The molecule has 164 valence electrons. The number of benzene rings is 2. The van der Waals surface area contributed by atoms with E-state index in [4.69, 9.17) is 23.2 Å². The highest BCUT2D eigenvalue weighted by molar-refractivity contribution is 7.92. The summed E-state index contributed by atoms with van der Waals surface area (Å²) in [5, 5.41) is 0.419. The van der Waals surface area contributed by atoms with Gasteiger partial charge in [0.05, 0.1) is 25.9 Å². The fourth-order valence-corrected chi connectivity index (χ4v) is 7.57. The summed E-state index contributed by atoms with van der Waals surface area (Å²) >= 11 is 12.0. The van der Waals surface area contributed by atoms with E-state index in [1.54, 1.807) is 36.4 Å². The fourth-order valence-electron chi connectivity index (χ4n) is 3.68. The summed E-state index contributed by atoms with van der Waals surface area (Å²) in [6, 6.07) is 11.8. The smallest absolute Gasteiger partial charge is 0.229 e. The molecule has 9 heteroatoms. The molecule has 0 saturated carbocycles. The van der Waals surface area contributed by atoms with Crippen molar-refractivity contribution >= 4 is 43.1 Å². The Morgan fingerprint density at radius 3 is 2.00 bits per heavy atom. The maximum Gasteiger partial charge on any atom is 0.243 e. The average molecular weight is 490 g/mol. The third-order valence-electron chi connectivity index (χ3n) is 5.22. The van der Waals surface area contributed by atoms with E-state index in [2.05, 4.69) is 0 Å². The van der Waals surface area contributed by atoms with E-state index in [1.165, 1.54) is 4.31 Å². The summed E-state index contributed by atoms with van der Waals surface area (Å²) in [4.78, 5) is 0.190. The van der Waals surface area contributed by atoms with Gasteiger partial charge in [-0.3, -0.25) is 0 Å². The van der Waals surface area contributed by atoms with Crippen molar-refractivity contribution in [3.05, 3.63) is 52.5 Å². The van der Waals surface area contributed by atoms with Crippen molar-refractivity contribution in [2.45, 2.75) is 36.8 Å². The van der Waals surface area contributed by atoms with Crippen molar-refractivity contribution in [1.29, 1.82) is 0 Å². The summed E-state index contributed by atoms with van der Waals surface area (Å²) < 4.78 is 52.3. The van der Waals surface area contributed by atoms with E-state index < -0.39 is 25.1 Å². The molecule has 3 rings (SSSR count). The van der Waals surface area contributed by atoms with Gasteiger partial charge in [0, 0.05) is 13.1 Å². The molecule has 0 N–H and O–H groups in total. The SMILES string of the molecule is CC(C)CS(=O)(=O)C1CCN(S(=O)(=O)c2ccc(-c3ccc(Cl)c(Cl)c3)cc2)CC1. The number of sulfonamides is 1. The quantitative estimate of drug-likeness (QED) is 0.579. The van der Waals surface area contributed by atoms with Gasteiger partial charge in [-0.1, -0.05) is 55.2 Å². The molecule has 30 heavy (non-hydrogen) atoms. The van der Waals surface area contributed by atoms with Gasteiger partial charge in [-0.25, -0.2) is 16.8 Å². The summed E-state index contributed by atoms with van der Waals surface area (Å²) in [5.74, 6) is 0.200. The van der Waals surface area contributed by atoms with Crippen molar-refractivity contribution in [2.75, 3.05) is 18.8 Å². The summed E-state index contributed by atoms with van der Waals surface area (Å²) in [5.41, 5.74) is 1.66. The third kappa shape index (κ3) is 5.19. The van der Waals surface area contributed by atoms with Gasteiger partial charge in [0.1, 0.15) is 0 Å². The van der Waals surface area contributed by atoms with Crippen LogP contribution in [0.3, 0.4) is 0 Å². The van der Waals surface area contributed by atoms with Gasteiger partial charge < -0.3 is 0 Å². The molecule has 0 atom stereocenters. The number of halogens is 2. The predicted octanol–water partition coefficient (Wildman–Crippen LogP) is 4.88. The van der Waals surface area contributed by atoms with Crippen LogP contribution in [0.2, 0.25) is 10.0 Å². The van der Waals surface area contributed by atoms with Crippen LogP contribution in [0.1, 0.15) is 26.7 Å². The van der Waals surface area contributed by atoms with Crippen LogP contribution >= 0.6 is 23.2 Å². The van der Waals surface area contributed by atoms with Crippen LogP contribution < -0.4 is 0 Å². The molecule has 2 aromatic carbocycles. The van der Waals surface area contributed by atoms with E-state index >= 15 is 0 Å². The van der Waals surface area contributed by atoms with Crippen molar-refractivity contribution in [3.8, 4) is 11.1 Å². The number of sulfone groups is 1. The van der Waals surface area contributed by atoms with Gasteiger partial charge in [-0.15, -0.1) is 0 Å². The van der Waals surface area contributed by atoms with Crippen molar-refractivity contribution in [2.24, 2.45) is 5.92 Å². The van der Waals surface area contributed by atoms with Crippen LogP contribution in [0.4, 0.5) is 0 Å². The number of rotatable bonds is 6. The molecule has 1 aliphatic heterocycles. The topological polar surface area (TPSA) is 71.5 Å². The lowest BCUT2D eigenvalue weighted by Crippen LogP contribution is -2.43. The second kappa shape index (κ2) is 9.17. The molecule has 0 spiro atoms. The van der Waals surface area contributed by atoms with Crippen LogP contribution in [0.25, 0.3) is 11.1 Å². The molecule has 0 radical (unpaired) electrons. The van der Waals surface area contributed by atoms with Gasteiger partial charge in [0.2, 0.25) is 10.0 Å². The maximum absolute atomic E-state index is 13.0. The summed E-state index contributed by atoms with van der Waals surface area (Å²) in [6.07, 6.45) is 0.658. The van der Waals surface area contributed by atoms with Crippen LogP contribution in [0, 0.1) is 5.92 Å². The van der Waals surface area contributed by atoms with E-state index in [0.717, 1.165) is 11.1 Å². The lowest BCUT2D eigenvalue weighted by molar-refractivity contribution is 0.345. The number of piperidine rings is 1. The molecule has 1 fully saturated rings. The van der Waals surface area contributed by atoms with E-state index in [9.17, 15) is 16.8 Å². The van der Waals surface area contributed by atoms with Crippen LogP contribution in [-0.4, -0.2) is 45.2 Å². The van der Waals surface area contributed by atoms with Crippen molar-refractivity contribution in [1.82, 2.24) is 4.31 Å². The normalized spacial score (nSPS) is 16.8. The Kier molecular flexibility index (Phi) is 7.19. The van der Waals surface area contributed by atoms with Gasteiger partial charge in [-0.2, -0.15) is 4.31 Å². The first-order valence-corrected chi connectivity index (χ1v) is 13.7. The minimum Gasteiger partial charge on any atom is -0.229 e. The van der Waals surface area contributed by atoms with Gasteiger partial charge in [0.15, 0.2) is 9.84 Å². The van der Waals surface area contributed by atoms with Gasteiger partial charge in [0.25, 0.3) is 0 Å². The molecule has 1 aliphatic rings. The highest BCUT2D eigenvalue weighted by Crippen LogP contribution is 2.30. The molecule has 0 aromatic heterocycles. The number of hydrogen-bond donors (Lipinski definition) is 0. The Bertz CT molecular complexity index is 1110. The van der Waals surface area contributed by atoms with Crippen LogP contribution in [0.5, 0.6) is 0 Å². The Morgan fingerprint density at radius 1 is 0.900 bits per heavy atom. The minimum atomic E-state index is -3.68. The Morgan fingerprint density at radius 2 is 1.47 bits per heavy atom. The minimum absolute atomic E-state index is 0.0609. The summed E-state index contributed by atoms with van der Waals surface area (Å²) in [6.45, 7) is 4.16. The van der Waals surface area contributed by atoms with E-state index in [0.29, 0.717) is 22.9 Å². The van der Waals surface area contributed by atoms with Gasteiger partial charge >= 0.3 is 0 Å². The zero-order valence-corrected chi connectivity index (χ0v) is 20.0. The monoisotopic (exact) mass is 489 g/mol. The van der Waals surface area contributed by atoms with Crippen molar-refractivity contribution in [3.63, 3.8) is 0 Å². The second-order valence-corrected chi connectivity index (χ2v) is 13.1. The number of hydrogen-bond acceptors (Lipinski definition) is 4. The molecule has 0 bridgehead atoms. The molecule has 0 unspecified atom stereocenters. The van der Waals surface area contributed by atoms with Gasteiger partial charge in [-0.05, 0) is 54.2 Å². The maximum atomic E-state index is 13.0. The zero-order valence-electron chi connectivity index (χ0n) is 16.9. The fraction of sp³-hybridized carbons (Fsp3) is 0.429. The Balaban J connectivity index is 1.73. The zero-order chi connectivity index (χ0) is 22.1. The van der Waals surface area contributed by atoms with E-state index in [1.807, 2.05) is 19.9 Å². The highest BCUT2D eigenvalue weighted by Gasteiger charge is 2.35. The Hall–Kier alpha value is -1.12.